The van der Waals surface area contributed by atoms with Crippen LogP contribution in [-0.2, 0) is 16.1 Å². The average Bonchev–Trinajstić information content (AvgIpc) is 2.35. The predicted molar refractivity (Wildman–Crippen MR) is 68.5 cm³/mol. The molecule has 0 fully saturated rings. The second kappa shape index (κ2) is 7.83. The van der Waals surface area contributed by atoms with Gasteiger partial charge in [0.05, 0.1) is 25.9 Å². The Hall–Kier alpha value is -1.41. The number of hydrogen-bond donors (Lipinski definition) is 1. The molecule has 0 bridgehead atoms. The quantitative estimate of drug-likeness (QED) is 0.810. The van der Waals surface area contributed by atoms with Crippen LogP contribution in [0.4, 0.5) is 4.39 Å². The maximum Gasteiger partial charge on any atom is 0.124 e. The van der Waals surface area contributed by atoms with Gasteiger partial charge in [-0.3, -0.25) is 0 Å². The normalized spacial score (nSPS) is 11.8. The molecule has 0 aliphatic carbocycles. The Bertz CT molecular complexity index is 437. The summed E-state index contributed by atoms with van der Waals surface area (Å²) in [4.78, 5) is 0. The molecule has 3 nitrogen and oxygen atoms in total. The number of ether oxygens (including phenoxy) is 2. The summed E-state index contributed by atoms with van der Waals surface area (Å²) >= 11 is 0. The Kier molecular flexibility index (Phi) is 6.37. The highest BCUT2D eigenvalue weighted by Crippen LogP contribution is 2.12. The Morgan fingerprint density at radius 1 is 1.44 bits per heavy atom. The summed E-state index contributed by atoms with van der Waals surface area (Å²) in [7, 11) is 1.62. The van der Waals surface area contributed by atoms with Gasteiger partial charge in [0.15, 0.2) is 0 Å². The lowest BCUT2D eigenvalue weighted by Crippen LogP contribution is -2.14. The number of nitrogens with two attached hydrogens (primary N) is 1. The van der Waals surface area contributed by atoms with E-state index < -0.39 is 0 Å². The zero-order chi connectivity index (χ0) is 13.4. The lowest BCUT2D eigenvalue weighted by Gasteiger charge is -2.12. The largest absolute Gasteiger partial charge is 0.382 e. The fourth-order valence-corrected chi connectivity index (χ4v) is 1.45. The first kappa shape index (κ1) is 14.7. The molecule has 1 rings (SSSR count). The van der Waals surface area contributed by atoms with E-state index in [1.165, 1.54) is 12.1 Å². The monoisotopic (exact) mass is 251 g/mol. The molecule has 0 radical (unpaired) electrons. The summed E-state index contributed by atoms with van der Waals surface area (Å²) in [5.74, 6) is 5.24. The fourth-order valence-electron chi connectivity index (χ4n) is 1.45. The van der Waals surface area contributed by atoms with Gasteiger partial charge >= 0.3 is 0 Å². The van der Waals surface area contributed by atoms with Crippen LogP contribution in [-0.4, -0.2) is 26.4 Å². The van der Waals surface area contributed by atoms with Crippen molar-refractivity contribution in [1.82, 2.24) is 0 Å². The number of benzene rings is 1. The van der Waals surface area contributed by atoms with E-state index in [0.717, 1.165) is 5.56 Å². The van der Waals surface area contributed by atoms with Crippen molar-refractivity contribution in [2.45, 2.75) is 19.6 Å². The smallest absolute Gasteiger partial charge is 0.124 e. The highest BCUT2D eigenvalue weighted by atomic mass is 19.1. The molecule has 1 unspecified atom stereocenters. The van der Waals surface area contributed by atoms with E-state index in [4.69, 9.17) is 15.2 Å². The maximum absolute atomic E-state index is 13.1. The van der Waals surface area contributed by atoms with E-state index in [9.17, 15) is 4.39 Å². The predicted octanol–water partition coefficient (Wildman–Crippen LogP) is 1.69. The minimum absolute atomic E-state index is 0.0182. The molecule has 1 aromatic rings. The van der Waals surface area contributed by atoms with Crippen LogP contribution in [0.15, 0.2) is 18.2 Å². The van der Waals surface area contributed by atoms with Gasteiger partial charge in [-0.25, -0.2) is 4.39 Å². The second-order valence-corrected chi connectivity index (χ2v) is 3.88. The highest BCUT2D eigenvalue weighted by Gasteiger charge is 2.06. The first-order valence-corrected chi connectivity index (χ1v) is 5.75. The molecule has 0 aliphatic rings. The molecular weight excluding hydrogens is 233 g/mol. The molecule has 0 aromatic heterocycles. The third-order valence-corrected chi connectivity index (χ3v) is 2.32. The lowest BCUT2D eigenvalue weighted by atomic mass is 10.1. The lowest BCUT2D eigenvalue weighted by molar-refractivity contribution is -0.000209. The van der Waals surface area contributed by atoms with E-state index in [1.807, 2.05) is 6.92 Å². The van der Waals surface area contributed by atoms with E-state index >= 15 is 0 Å². The van der Waals surface area contributed by atoms with Crippen molar-refractivity contribution in [3.05, 3.63) is 35.1 Å². The molecule has 2 N–H and O–H groups in total. The summed E-state index contributed by atoms with van der Waals surface area (Å²) in [5, 5.41) is 0. The van der Waals surface area contributed by atoms with Gasteiger partial charge in [0.2, 0.25) is 0 Å². The molecule has 0 amide bonds. The minimum Gasteiger partial charge on any atom is -0.382 e. The maximum atomic E-state index is 13.1. The van der Waals surface area contributed by atoms with E-state index in [-0.39, 0.29) is 18.5 Å². The molecule has 0 heterocycles. The molecule has 98 valence electrons. The number of rotatable bonds is 5. The molecule has 0 saturated heterocycles. The molecule has 18 heavy (non-hydrogen) atoms. The third-order valence-electron chi connectivity index (χ3n) is 2.32. The van der Waals surface area contributed by atoms with Crippen LogP contribution >= 0.6 is 0 Å². The van der Waals surface area contributed by atoms with Crippen molar-refractivity contribution < 1.29 is 13.9 Å². The van der Waals surface area contributed by atoms with Crippen molar-refractivity contribution in [1.29, 1.82) is 0 Å². The zero-order valence-corrected chi connectivity index (χ0v) is 10.7. The van der Waals surface area contributed by atoms with Gasteiger partial charge in [0, 0.05) is 12.7 Å². The molecule has 0 saturated carbocycles. The Morgan fingerprint density at radius 2 is 2.22 bits per heavy atom. The fraction of sp³-hybridized carbons (Fsp3) is 0.429. The summed E-state index contributed by atoms with van der Waals surface area (Å²) in [6, 6.07) is 4.46. The second-order valence-electron chi connectivity index (χ2n) is 3.88. The summed E-state index contributed by atoms with van der Waals surface area (Å²) < 4.78 is 23.7. The number of hydrogen-bond acceptors (Lipinski definition) is 3. The Balaban J connectivity index is 2.75. The topological polar surface area (TPSA) is 44.5 Å². The molecular formula is C14H18FNO2. The van der Waals surface area contributed by atoms with Crippen LogP contribution < -0.4 is 5.73 Å². The van der Waals surface area contributed by atoms with Crippen molar-refractivity contribution >= 4 is 0 Å². The first-order chi connectivity index (χ1) is 8.67. The van der Waals surface area contributed by atoms with E-state index in [1.54, 1.807) is 13.2 Å². The number of methoxy groups -OCH3 is 1. The van der Waals surface area contributed by atoms with Crippen molar-refractivity contribution in [3.8, 4) is 11.8 Å². The molecule has 1 atom stereocenters. The summed E-state index contributed by atoms with van der Waals surface area (Å²) in [5.41, 5.74) is 6.77. The van der Waals surface area contributed by atoms with Crippen molar-refractivity contribution in [3.63, 3.8) is 0 Å². The van der Waals surface area contributed by atoms with Gasteiger partial charge in [-0.05, 0) is 24.6 Å². The summed E-state index contributed by atoms with van der Waals surface area (Å²) in [6.07, 6.45) is -0.0182. The SMILES string of the molecule is COCC(C)OCc1ccc(F)cc1C#CCN. The standard InChI is InChI=1S/C14H18FNO2/c1-11(9-17-2)18-10-13-5-6-14(15)8-12(13)4-3-7-16/h5-6,8,11H,7,9-10,16H2,1-2H3. The van der Waals surface area contributed by atoms with Crippen LogP contribution in [0.3, 0.4) is 0 Å². The van der Waals surface area contributed by atoms with Gasteiger partial charge in [-0.2, -0.15) is 0 Å². The molecule has 0 aliphatic heterocycles. The van der Waals surface area contributed by atoms with Gasteiger partial charge < -0.3 is 15.2 Å². The molecule has 0 spiro atoms. The van der Waals surface area contributed by atoms with Crippen LogP contribution in [0.5, 0.6) is 0 Å². The van der Waals surface area contributed by atoms with E-state index in [2.05, 4.69) is 11.8 Å². The average molecular weight is 251 g/mol. The van der Waals surface area contributed by atoms with Crippen LogP contribution in [0, 0.1) is 17.7 Å². The Morgan fingerprint density at radius 3 is 2.89 bits per heavy atom. The highest BCUT2D eigenvalue weighted by molar-refractivity contribution is 5.41. The van der Waals surface area contributed by atoms with Crippen molar-refractivity contribution in [2.24, 2.45) is 5.73 Å². The van der Waals surface area contributed by atoms with Gasteiger partial charge in [-0.1, -0.05) is 17.9 Å². The van der Waals surface area contributed by atoms with E-state index in [0.29, 0.717) is 18.8 Å². The van der Waals surface area contributed by atoms with Crippen LogP contribution in [0.2, 0.25) is 0 Å². The van der Waals surface area contributed by atoms with Crippen LogP contribution in [0.25, 0.3) is 0 Å². The zero-order valence-electron chi connectivity index (χ0n) is 10.7. The number of halogens is 1. The molecule has 1 aromatic carbocycles. The van der Waals surface area contributed by atoms with Gasteiger partial charge in [-0.15, -0.1) is 0 Å². The Labute approximate surface area is 107 Å². The summed E-state index contributed by atoms with van der Waals surface area (Å²) in [6.45, 7) is 3.06. The van der Waals surface area contributed by atoms with Gasteiger partial charge in [0.1, 0.15) is 5.82 Å². The van der Waals surface area contributed by atoms with Crippen LogP contribution in [0.1, 0.15) is 18.1 Å². The molecule has 4 heteroatoms. The van der Waals surface area contributed by atoms with Crippen molar-refractivity contribution in [2.75, 3.05) is 20.3 Å². The van der Waals surface area contributed by atoms with Gasteiger partial charge in [0.25, 0.3) is 0 Å². The minimum atomic E-state index is -0.315. The third kappa shape index (κ3) is 4.84. The first-order valence-electron chi connectivity index (χ1n) is 5.75.